The maximum atomic E-state index is 6.29. The Bertz CT molecular complexity index is 1200. The zero-order valence-electron chi connectivity index (χ0n) is 18.5. The van der Waals surface area contributed by atoms with E-state index in [0.717, 1.165) is 70.6 Å². The third-order valence-corrected chi connectivity index (χ3v) is 5.87. The Morgan fingerprint density at radius 3 is 2.26 bits per heavy atom. The molecule has 0 bridgehead atoms. The topological polar surface area (TPSA) is 80.8 Å². The standard InChI is InChI=1S/C26H31N5/c1-18-14-23-25(16-21(18)28)31(20-10-6-5-7-11-20)26-17-22(19(2)15-24(26)30-23)29-13-9-4-3-8-12-27/h5-7,10-11,14-17H,3-4,8-9,12-13,27H2,1-2H3,(H2,28,29)/p+1. The molecule has 0 saturated heterocycles. The van der Waals surface area contributed by atoms with Crippen LogP contribution in [0.25, 0.3) is 27.8 Å². The molecule has 0 fully saturated rings. The summed E-state index contributed by atoms with van der Waals surface area (Å²) >= 11 is 0. The molecule has 5 nitrogen and oxygen atoms in total. The molecule has 3 aromatic carbocycles. The number of nitrogens with two attached hydrogens (primary N) is 2. The smallest absolute Gasteiger partial charge is 0.239 e. The molecule has 5 N–H and O–H groups in total. The van der Waals surface area contributed by atoms with Gasteiger partial charge in [0.2, 0.25) is 16.7 Å². The molecule has 0 unspecified atom stereocenters. The number of anilines is 2. The van der Waals surface area contributed by atoms with Crippen molar-refractivity contribution in [1.82, 2.24) is 4.98 Å². The summed E-state index contributed by atoms with van der Waals surface area (Å²) in [5.41, 5.74) is 21.2. The first-order valence-corrected chi connectivity index (χ1v) is 11.1. The van der Waals surface area contributed by atoms with Crippen LogP contribution in [-0.2, 0) is 0 Å². The van der Waals surface area contributed by atoms with Crippen LogP contribution in [0.2, 0.25) is 0 Å². The number of fused-ring (bicyclic) bond motifs is 2. The number of rotatable bonds is 8. The van der Waals surface area contributed by atoms with Crippen LogP contribution in [0.15, 0.2) is 54.6 Å². The van der Waals surface area contributed by atoms with Gasteiger partial charge in [0.1, 0.15) is 11.0 Å². The lowest BCUT2D eigenvalue weighted by Gasteiger charge is -2.12. The fraction of sp³-hybridized carbons (Fsp3) is 0.308. The number of aryl methyl sites for hydroxylation is 2. The fourth-order valence-corrected chi connectivity index (χ4v) is 4.07. The molecule has 31 heavy (non-hydrogen) atoms. The third kappa shape index (κ3) is 4.47. The number of nitrogens with zero attached hydrogens (tertiary/aromatic N) is 2. The van der Waals surface area contributed by atoms with Gasteiger partial charge >= 0.3 is 0 Å². The largest absolute Gasteiger partial charge is 0.398 e. The average molecular weight is 415 g/mol. The van der Waals surface area contributed by atoms with Crippen molar-refractivity contribution in [3.63, 3.8) is 0 Å². The van der Waals surface area contributed by atoms with Crippen molar-refractivity contribution in [2.75, 3.05) is 24.1 Å². The monoisotopic (exact) mass is 414 g/mol. The molecule has 0 saturated carbocycles. The van der Waals surface area contributed by atoms with Crippen LogP contribution < -0.4 is 21.4 Å². The maximum absolute atomic E-state index is 6.29. The second-order valence-electron chi connectivity index (χ2n) is 8.27. The van der Waals surface area contributed by atoms with Crippen molar-refractivity contribution < 1.29 is 4.57 Å². The van der Waals surface area contributed by atoms with Gasteiger partial charge in [-0.1, -0.05) is 31.0 Å². The molecule has 0 aliphatic rings. The van der Waals surface area contributed by atoms with Gasteiger partial charge < -0.3 is 16.8 Å². The first kappa shape index (κ1) is 21.1. The summed E-state index contributed by atoms with van der Waals surface area (Å²) in [5.74, 6) is 0. The normalized spacial score (nSPS) is 11.3. The van der Waals surface area contributed by atoms with E-state index in [1.165, 1.54) is 18.4 Å². The van der Waals surface area contributed by atoms with Crippen molar-refractivity contribution in [1.29, 1.82) is 0 Å². The lowest BCUT2D eigenvalue weighted by Crippen LogP contribution is -2.33. The second-order valence-corrected chi connectivity index (χ2v) is 8.27. The second kappa shape index (κ2) is 9.31. The molecule has 0 aliphatic carbocycles. The predicted molar refractivity (Wildman–Crippen MR) is 131 cm³/mol. The number of nitrogen functional groups attached to an aromatic ring is 1. The molecule has 0 radical (unpaired) electrons. The Morgan fingerprint density at radius 2 is 1.52 bits per heavy atom. The lowest BCUT2D eigenvalue weighted by molar-refractivity contribution is -0.538. The Labute approximate surface area is 184 Å². The minimum absolute atomic E-state index is 0.779. The summed E-state index contributed by atoms with van der Waals surface area (Å²) in [6.07, 6.45) is 4.64. The van der Waals surface area contributed by atoms with Gasteiger partial charge in [-0.25, -0.2) is 4.98 Å². The van der Waals surface area contributed by atoms with Crippen molar-refractivity contribution in [3.05, 3.63) is 65.7 Å². The Morgan fingerprint density at radius 1 is 0.839 bits per heavy atom. The molecular formula is C26H32N5+. The van der Waals surface area contributed by atoms with Gasteiger partial charge in [-0.15, -0.1) is 4.57 Å². The maximum Gasteiger partial charge on any atom is 0.239 e. The summed E-state index contributed by atoms with van der Waals surface area (Å²) in [6.45, 7) is 5.90. The number of para-hydroxylation sites is 1. The highest BCUT2D eigenvalue weighted by atomic mass is 15.0. The molecule has 160 valence electrons. The zero-order valence-corrected chi connectivity index (χ0v) is 18.5. The highest BCUT2D eigenvalue weighted by Gasteiger charge is 2.21. The van der Waals surface area contributed by atoms with Gasteiger partial charge in [-0.3, -0.25) is 0 Å². The highest BCUT2D eigenvalue weighted by Crippen LogP contribution is 2.26. The summed E-state index contributed by atoms with van der Waals surface area (Å²) in [5, 5.41) is 3.63. The average Bonchev–Trinajstić information content (AvgIpc) is 2.77. The van der Waals surface area contributed by atoms with Crippen LogP contribution >= 0.6 is 0 Å². The van der Waals surface area contributed by atoms with E-state index in [1.54, 1.807) is 0 Å². The predicted octanol–water partition coefficient (Wildman–Crippen LogP) is 4.79. The van der Waals surface area contributed by atoms with Gasteiger partial charge in [0.05, 0.1) is 0 Å². The van der Waals surface area contributed by atoms with Crippen molar-refractivity contribution in [3.8, 4) is 5.69 Å². The molecule has 5 heteroatoms. The quantitative estimate of drug-likeness (QED) is 0.167. The number of unbranched alkanes of at least 4 members (excludes halogenated alkanes) is 3. The van der Waals surface area contributed by atoms with Crippen molar-refractivity contribution >= 4 is 33.4 Å². The molecule has 0 amide bonds. The summed E-state index contributed by atoms with van der Waals surface area (Å²) in [6, 6.07) is 18.9. The van der Waals surface area contributed by atoms with E-state index in [1.807, 2.05) is 19.1 Å². The van der Waals surface area contributed by atoms with Gasteiger partial charge in [0.15, 0.2) is 0 Å². The van der Waals surface area contributed by atoms with Crippen LogP contribution in [0.4, 0.5) is 11.4 Å². The van der Waals surface area contributed by atoms with Crippen molar-refractivity contribution in [2.45, 2.75) is 39.5 Å². The molecule has 1 heterocycles. The van der Waals surface area contributed by atoms with Gasteiger partial charge in [0, 0.05) is 42.2 Å². The minimum Gasteiger partial charge on any atom is -0.398 e. The fourth-order valence-electron chi connectivity index (χ4n) is 4.07. The van der Waals surface area contributed by atoms with E-state index < -0.39 is 0 Å². The first-order valence-electron chi connectivity index (χ1n) is 11.1. The molecular weight excluding hydrogens is 382 g/mol. The van der Waals surface area contributed by atoms with E-state index in [4.69, 9.17) is 16.5 Å². The molecule has 1 aromatic heterocycles. The summed E-state index contributed by atoms with van der Waals surface area (Å²) in [4.78, 5) is 4.98. The Balaban J connectivity index is 1.81. The van der Waals surface area contributed by atoms with E-state index in [9.17, 15) is 0 Å². The van der Waals surface area contributed by atoms with Crippen LogP contribution in [0.3, 0.4) is 0 Å². The lowest BCUT2D eigenvalue weighted by atomic mass is 10.1. The van der Waals surface area contributed by atoms with Gasteiger partial charge in [-0.05, 0) is 56.5 Å². The van der Waals surface area contributed by atoms with Crippen LogP contribution in [0.1, 0.15) is 36.8 Å². The third-order valence-electron chi connectivity index (χ3n) is 5.87. The Hall–Kier alpha value is -3.18. The zero-order chi connectivity index (χ0) is 21.8. The molecule has 0 atom stereocenters. The Kier molecular flexibility index (Phi) is 6.33. The number of benzene rings is 3. The van der Waals surface area contributed by atoms with E-state index >= 15 is 0 Å². The van der Waals surface area contributed by atoms with E-state index in [-0.39, 0.29) is 0 Å². The molecule has 4 aromatic rings. The molecule has 0 aliphatic heterocycles. The van der Waals surface area contributed by atoms with Gasteiger partial charge in [0.25, 0.3) is 0 Å². The van der Waals surface area contributed by atoms with E-state index in [0.29, 0.717) is 0 Å². The first-order chi connectivity index (χ1) is 15.1. The molecule has 0 spiro atoms. The van der Waals surface area contributed by atoms with Crippen molar-refractivity contribution in [2.24, 2.45) is 5.73 Å². The van der Waals surface area contributed by atoms with Gasteiger partial charge in [-0.2, -0.15) is 0 Å². The number of aromatic nitrogens is 2. The molecule has 4 rings (SSSR count). The van der Waals surface area contributed by atoms with E-state index in [2.05, 4.69) is 59.3 Å². The SMILES string of the molecule is Cc1cc2nc3cc(C)c(NCCCCCCN)cc3[n+](-c3ccccc3)c2cc1N. The number of nitrogens with one attached hydrogen (secondary N) is 1. The van der Waals surface area contributed by atoms with Crippen LogP contribution in [-0.4, -0.2) is 18.1 Å². The number of hydrogen-bond donors (Lipinski definition) is 3. The highest BCUT2D eigenvalue weighted by molar-refractivity contribution is 5.87. The summed E-state index contributed by atoms with van der Waals surface area (Å²) < 4.78 is 2.26. The van der Waals surface area contributed by atoms with Crippen LogP contribution in [0, 0.1) is 13.8 Å². The van der Waals surface area contributed by atoms with Crippen LogP contribution in [0.5, 0.6) is 0 Å². The summed E-state index contributed by atoms with van der Waals surface area (Å²) in [7, 11) is 0. The number of hydrogen-bond acceptors (Lipinski definition) is 4. The minimum atomic E-state index is 0.779.